The van der Waals surface area contributed by atoms with Crippen LogP contribution in [0.15, 0.2) is 42.5 Å². The zero-order valence-electron chi connectivity index (χ0n) is 20.8. The maximum atomic E-state index is 14.1. The van der Waals surface area contributed by atoms with Gasteiger partial charge in [0.2, 0.25) is 17.7 Å². The molecular formula is C28H35N3O5. The van der Waals surface area contributed by atoms with Gasteiger partial charge in [0.05, 0.1) is 23.5 Å². The van der Waals surface area contributed by atoms with Gasteiger partial charge in [0, 0.05) is 24.9 Å². The van der Waals surface area contributed by atoms with Crippen LogP contribution in [-0.2, 0) is 23.9 Å². The predicted molar refractivity (Wildman–Crippen MR) is 133 cm³/mol. The fourth-order valence-corrected chi connectivity index (χ4v) is 7.10. The molecular weight excluding hydrogens is 458 g/mol. The Morgan fingerprint density at radius 3 is 2.53 bits per heavy atom. The lowest BCUT2D eigenvalue weighted by atomic mass is 9.70. The molecule has 3 saturated heterocycles. The van der Waals surface area contributed by atoms with Gasteiger partial charge in [0.1, 0.15) is 11.6 Å². The molecule has 1 saturated carbocycles. The largest absolute Gasteiger partial charge is 0.376 e. The van der Waals surface area contributed by atoms with Gasteiger partial charge in [0.15, 0.2) is 0 Å². The molecule has 1 aromatic carbocycles. The van der Waals surface area contributed by atoms with Crippen molar-refractivity contribution in [2.45, 2.75) is 81.3 Å². The molecule has 6 rings (SSSR count). The Labute approximate surface area is 211 Å². The molecule has 1 aromatic rings. The number of anilines is 1. The number of fused-ring (bicyclic) bond motifs is 1. The summed E-state index contributed by atoms with van der Waals surface area (Å²) in [5.41, 5.74) is -1.46. The third-order valence-corrected chi connectivity index (χ3v) is 8.74. The van der Waals surface area contributed by atoms with E-state index in [1.807, 2.05) is 49.4 Å². The molecule has 4 heterocycles. The molecule has 36 heavy (non-hydrogen) atoms. The van der Waals surface area contributed by atoms with E-state index in [1.54, 1.807) is 4.90 Å². The second kappa shape index (κ2) is 8.99. The number of amides is 3. The fourth-order valence-electron chi connectivity index (χ4n) is 7.10. The van der Waals surface area contributed by atoms with Gasteiger partial charge in [-0.15, -0.1) is 0 Å². The molecule has 0 radical (unpaired) electrons. The van der Waals surface area contributed by atoms with Crippen molar-refractivity contribution in [2.75, 3.05) is 18.5 Å². The van der Waals surface area contributed by atoms with E-state index in [-0.39, 0.29) is 29.9 Å². The second-order valence-electron chi connectivity index (χ2n) is 11.2. The van der Waals surface area contributed by atoms with E-state index < -0.39 is 29.1 Å². The van der Waals surface area contributed by atoms with Gasteiger partial charge in [-0.3, -0.25) is 14.4 Å². The molecule has 4 aliphatic heterocycles. The highest BCUT2D eigenvalue weighted by Gasteiger charge is 2.76. The number of nitrogens with one attached hydrogen (secondary N) is 2. The van der Waals surface area contributed by atoms with Crippen molar-refractivity contribution in [3.05, 3.63) is 42.5 Å². The molecule has 192 valence electrons. The lowest BCUT2D eigenvalue weighted by molar-refractivity contribution is -0.145. The van der Waals surface area contributed by atoms with E-state index in [0.29, 0.717) is 18.8 Å². The molecule has 0 aromatic heterocycles. The molecule has 1 spiro atoms. The topological polar surface area (TPSA) is 97.0 Å². The van der Waals surface area contributed by atoms with Crippen LogP contribution in [-0.4, -0.2) is 65.2 Å². The summed E-state index contributed by atoms with van der Waals surface area (Å²) < 4.78 is 12.4. The number of rotatable bonds is 6. The van der Waals surface area contributed by atoms with Gasteiger partial charge in [-0.25, -0.2) is 0 Å². The third kappa shape index (κ3) is 3.77. The van der Waals surface area contributed by atoms with Crippen molar-refractivity contribution in [3.8, 4) is 0 Å². The molecule has 2 N–H and O–H groups in total. The summed E-state index contributed by atoms with van der Waals surface area (Å²) >= 11 is 0. The normalized spacial score (nSPS) is 37.4. The van der Waals surface area contributed by atoms with Crippen LogP contribution in [0.1, 0.15) is 51.9 Å². The summed E-state index contributed by atoms with van der Waals surface area (Å²) in [5.74, 6) is -2.16. The minimum atomic E-state index is -1.16. The van der Waals surface area contributed by atoms with Crippen molar-refractivity contribution < 1.29 is 23.9 Å². The number of para-hydroxylation sites is 1. The Bertz CT molecular complexity index is 1060. The average Bonchev–Trinajstić information content (AvgIpc) is 3.61. The number of nitrogens with zero attached hydrogens (tertiary/aromatic N) is 1. The molecule has 8 heteroatoms. The van der Waals surface area contributed by atoms with Crippen LogP contribution in [0, 0.1) is 11.8 Å². The summed E-state index contributed by atoms with van der Waals surface area (Å²) in [6.07, 6.45) is 10.7. The number of carbonyl (C=O) groups is 3. The molecule has 3 amide bonds. The van der Waals surface area contributed by atoms with Crippen molar-refractivity contribution in [3.63, 3.8) is 0 Å². The van der Waals surface area contributed by atoms with E-state index in [1.165, 1.54) is 6.42 Å². The molecule has 0 unspecified atom stereocenters. The maximum absolute atomic E-state index is 14.1. The Kier molecular flexibility index (Phi) is 5.91. The van der Waals surface area contributed by atoms with Crippen molar-refractivity contribution in [2.24, 2.45) is 11.8 Å². The molecule has 8 nitrogen and oxygen atoms in total. The van der Waals surface area contributed by atoms with Gasteiger partial charge >= 0.3 is 0 Å². The quantitative estimate of drug-likeness (QED) is 0.594. The Morgan fingerprint density at radius 1 is 1.03 bits per heavy atom. The Hall–Kier alpha value is -2.71. The van der Waals surface area contributed by atoms with Crippen LogP contribution in [0.25, 0.3) is 0 Å². The van der Waals surface area contributed by atoms with Crippen LogP contribution in [0.4, 0.5) is 5.69 Å². The minimum absolute atomic E-state index is 0.108. The Morgan fingerprint density at radius 2 is 1.81 bits per heavy atom. The standard InChI is InChI=1S/C28H35N3O5/c1-27-14-15-28(36-27)22(21(27)24(32)29-18-9-4-2-5-10-18)26(34)31(17-20-13-8-16-35-20)23(28)25(33)30-19-11-6-3-7-12-19/h2,4-5,9-10,14-15,19-23H,3,6-8,11-13,16-17H2,1H3,(H,29,32)(H,30,33)/t20-,21+,22-,23+,27-,28+/m0/s1. The summed E-state index contributed by atoms with van der Waals surface area (Å²) in [5, 5.41) is 6.21. The van der Waals surface area contributed by atoms with Crippen molar-refractivity contribution >= 4 is 23.4 Å². The van der Waals surface area contributed by atoms with E-state index in [2.05, 4.69) is 10.6 Å². The summed E-state index contributed by atoms with van der Waals surface area (Å²) in [6.45, 7) is 2.84. The van der Waals surface area contributed by atoms with Crippen LogP contribution in [0.5, 0.6) is 0 Å². The minimum Gasteiger partial charge on any atom is -0.376 e. The number of benzene rings is 1. The molecule has 6 atom stereocenters. The monoisotopic (exact) mass is 493 g/mol. The average molecular weight is 494 g/mol. The van der Waals surface area contributed by atoms with Gasteiger partial charge in [-0.2, -0.15) is 0 Å². The molecule has 1 aliphatic carbocycles. The highest BCUT2D eigenvalue weighted by atomic mass is 16.5. The van der Waals surface area contributed by atoms with E-state index in [9.17, 15) is 14.4 Å². The molecule has 2 bridgehead atoms. The number of carbonyl (C=O) groups excluding carboxylic acids is 3. The summed E-state index contributed by atoms with van der Waals surface area (Å²) in [6, 6.07) is 8.51. The van der Waals surface area contributed by atoms with Crippen LogP contribution >= 0.6 is 0 Å². The lowest BCUT2D eigenvalue weighted by Gasteiger charge is -2.35. The first-order valence-electron chi connectivity index (χ1n) is 13.4. The van der Waals surface area contributed by atoms with Gasteiger partial charge in [0.25, 0.3) is 0 Å². The zero-order chi connectivity index (χ0) is 24.9. The van der Waals surface area contributed by atoms with Gasteiger partial charge in [-0.05, 0) is 44.7 Å². The van der Waals surface area contributed by atoms with Crippen LogP contribution in [0.2, 0.25) is 0 Å². The van der Waals surface area contributed by atoms with Crippen LogP contribution in [0.3, 0.4) is 0 Å². The van der Waals surface area contributed by atoms with Crippen LogP contribution < -0.4 is 10.6 Å². The number of hydrogen-bond acceptors (Lipinski definition) is 5. The molecule has 4 fully saturated rings. The highest BCUT2D eigenvalue weighted by Crippen LogP contribution is 2.60. The first-order chi connectivity index (χ1) is 17.4. The Balaban J connectivity index is 1.33. The smallest absolute Gasteiger partial charge is 0.246 e. The highest BCUT2D eigenvalue weighted by molar-refractivity contribution is 6.03. The molecule has 5 aliphatic rings. The fraction of sp³-hybridized carbons (Fsp3) is 0.607. The van der Waals surface area contributed by atoms with E-state index in [4.69, 9.17) is 9.47 Å². The zero-order valence-corrected chi connectivity index (χ0v) is 20.8. The van der Waals surface area contributed by atoms with Crippen molar-refractivity contribution in [1.29, 1.82) is 0 Å². The SMILES string of the molecule is C[C@@]12C=C[C@@]3(O1)[C@H](C(=O)N(C[C@@H]1CCCO1)[C@@H]3C(=O)NC1CCCCC1)[C@@H]2C(=O)Nc1ccccc1. The number of likely N-dealkylation sites (tertiary alicyclic amines) is 1. The van der Waals surface area contributed by atoms with E-state index in [0.717, 1.165) is 38.5 Å². The van der Waals surface area contributed by atoms with Crippen molar-refractivity contribution in [1.82, 2.24) is 10.2 Å². The number of ether oxygens (including phenoxy) is 2. The first-order valence-corrected chi connectivity index (χ1v) is 13.4. The second-order valence-corrected chi connectivity index (χ2v) is 11.2. The van der Waals surface area contributed by atoms with Gasteiger partial charge < -0.3 is 25.0 Å². The van der Waals surface area contributed by atoms with Gasteiger partial charge in [-0.1, -0.05) is 49.6 Å². The third-order valence-electron chi connectivity index (χ3n) is 8.74. The summed E-state index contributed by atoms with van der Waals surface area (Å²) in [4.78, 5) is 43.2. The maximum Gasteiger partial charge on any atom is 0.246 e. The lowest BCUT2D eigenvalue weighted by Crippen LogP contribution is -2.57. The first kappa shape index (κ1) is 23.7. The van der Waals surface area contributed by atoms with E-state index >= 15 is 0 Å². The summed E-state index contributed by atoms with van der Waals surface area (Å²) in [7, 11) is 0. The predicted octanol–water partition coefficient (Wildman–Crippen LogP) is 2.79. The number of hydrogen-bond donors (Lipinski definition) is 2.